The molecule has 208 valence electrons. The molecule has 0 radical (unpaired) electrons. The van der Waals surface area contributed by atoms with E-state index >= 15 is 4.39 Å². The van der Waals surface area contributed by atoms with Gasteiger partial charge in [0.05, 0.1) is 26.4 Å². The van der Waals surface area contributed by atoms with E-state index in [1.807, 2.05) is 0 Å². The van der Waals surface area contributed by atoms with Crippen molar-refractivity contribution < 1.29 is 34.4 Å². The molecule has 1 N–H and O–H groups in total. The van der Waals surface area contributed by atoms with Gasteiger partial charge in [-0.15, -0.1) is 0 Å². The molecule has 0 spiro atoms. The van der Waals surface area contributed by atoms with Gasteiger partial charge in [0, 0.05) is 41.1 Å². The highest BCUT2D eigenvalue weighted by Gasteiger charge is 2.31. The molecule has 0 saturated heterocycles. The van der Waals surface area contributed by atoms with Crippen LogP contribution in [0.3, 0.4) is 0 Å². The normalized spacial score (nSPS) is 16.3. The molecule has 0 aromatic carbocycles. The Bertz CT molecular complexity index is 1820. The molecule has 0 saturated carbocycles. The Hall–Kier alpha value is -4.41. The molecule has 4 heterocycles. The molecule has 4 rings (SSSR count). The topological polar surface area (TPSA) is 102 Å². The highest BCUT2D eigenvalue weighted by molar-refractivity contribution is 6.33. The molecule has 1 aliphatic rings. The Labute approximate surface area is 239 Å². The van der Waals surface area contributed by atoms with Crippen molar-refractivity contribution in [3.8, 4) is 5.82 Å². The fourth-order valence-corrected chi connectivity index (χ4v) is 4.10. The van der Waals surface area contributed by atoms with Crippen molar-refractivity contribution in [2.45, 2.75) is 46.6 Å². The molecule has 0 fully saturated rings. The van der Waals surface area contributed by atoms with Crippen LogP contribution in [-0.4, -0.2) is 31.6 Å². The van der Waals surface area contributed by atoms with Crippen LogP contribution in [0.1, 0.15) is 51.4 Å². The minimum absolute atomic E-state index is 0.0492. The lowest BCUT2D eigenvalue weighted by atomic mass is 10.0. The minimum Gasteiger partial charge on any atom is -0.485 e. The smallest absolute Gasteiger partial charge is 0.217 e. The molecule has 3 aromatic heterocycles. The largest absolute Gasteiger partial charge is 0.485 e. The first-order chi connectivity index (χ1) is 20.8. The summed E-state index contributed by atoms with van der Waals surface area (Å²) in [6.07, 6.45) is 4.25. The maximum atomic E-state index is 15.1. The van der Waals surface area contributed by atoms with Crippen LogP contribution in [0, 0.1) is 24.4 Å². The van der Waals surface area contributed by atoms with Gasteiger partial charge < -0.3 is 15.0 Å². The summed E-state index contributed by atoms with van der Waals surface area (Å²) in [5.74, 6) is -3.12. The summed E-state index contributed by atoms with van der Waals surface area (Å²) in [5, 5.41) is 6.02. The lowest BCUT2D eigenvalue weighted by molar-refractivity contribution is -0.120. The average Bonchev–Trinajstić information content (AvgIpc) is 3.32. The molecule has 0 aliphatic carbocycles. The first kappa shape index (κ1) is 22.4. The molecule has 3 aromatic rings. The number of aromatic nitrogens is 4. The second kappa shape index (κ2) is 11.0. The predicted molar refractivity (Wildman–Crippen MR) is 140 cm³/mol. The van der Waals surface area contributed by atoms with Gasteiger partial charge in [-0.3, -0.25) is 9.78 Å². The summed E-state index contributed by atoms with van der Waals surface area (Å²) in [7, 11) is 0. The van der Waals surface area contributed by atoms with E-state index in [0.29, 0.717) is 23.5 Å². The fraction of sp³-hybridized carbons (Fsp3) is 0.259. The van der Waals surface area contributed by atoms with Gasteiger partial charge in [0.1, 0.15) is 34.6 Å². The van der Waals surface area contributed by atoms with Crippen molar-refractivity contribution in [1.82, 2.24) is 25.1 Å². The zero-order chi connectivity index (χ0) is 33.6. The van der Waals surface area contributed by atoms with E-state index in [9.17, 15) is 18.4 Å². The van der Waals surface area contributed by atoms with E-state index in [1.165, 1.54) is 44.0 Å². The van der Waals surface area contributed by atoms with Crippen molar-refractivity contribution in [3.63, 3.8) is 0 Å². The number of hydrogen-bond acceptors (Lipinski definition) is 7. The molecular weight excluding hydrogens is 549 g/mol. The molecule has 13 heteroatoms. The van der Waals surface area contributed by atoms with Crippen molar-refractivity contribution in [2.75, 3.05) is 4.90 Å². The Balaban J connectivity index is 1.70. The molecule has 40 heavy (non-hydrogen) atoms. The summed E-state index contributed by atoms with van der Waals surface area (Å²) < 4.78 is 87.2. The molecular formula is C27H24ClF3N6O3. The highest BCUT2D eigenvalue weighted by Crippen LogP contribution is 2.38. The molecule has 9 nitrogen and oxygen atoms in total. The SMILES string of the molecule is [2H]C([2H])([2H])C(=O)NC(C)(C)c1nn(-c2cc(N3C(=C=O)C(Cl)=C(OC([2H])([2H])c4ncc(F)cc4F)C=C3C)c(C)cn2)cc1F. The van der Waals surface area contributed by atoms with Crippen LogP contribution < -0.4 is 10.2 Å². The number of halogens is 4. The van der Waals surface area contributed by atoms with Gasteiger partial charge in [-0.05, 0) is 33.3 Å². The number of ether oxygens (including phenoxy) is 1. The first-order valence-electron chi connectivity index (χ1n) is 14.0. The summed E-state index contributed by atoms with van der Waals surface area (Å²) >= 11 is 6.44. The van der Waals surface area contributed by atoms with Crippen molar-refractivity contribution in [1.29, 1.82) is 0 Å². The van der Waals surface area contributed by atoms with Crippen molar-refractivity contribution >= 4 is 29.1 Å². The number of amides is 1. The maximum absolute atomic E-state index is 15.1. The van der Waals surface area contributed by atoms with E-state index < -0.39 is 53.0 Å². The number of rotatable bonds is 7. The summed E-state index contributed by atoms with van der Waals surface area (Å²) in [6, 6.07) is 1.87. The number of nitrogens with one attached hydrogen (secondary N) is 1. The van der Waals surface area contributed by atoms with Gasteiger partial charge in [-0.1, -0.05) is 11.6 Å². The lowest BCUT2D eigenvalue weighted by Gasteiger charge is -2.31. The van der Waals surface area contributed by atoms with Gasteiger partial charge in [0.2, 0.25) is 5.91 Å². The van der Waals surface area contributed by atoms with Gasteiger partial charge in [-0.25, -0.2) is 27.6 Å². The quantitative estimate of drug-likeness (QED) is 0.400. The zero-order valence-electron chi connectivity index (χ0n) is 26.4. The number of aryl methyl sites for hydroxylation is 1. The summed E-state index contributed by atoms with van der Waals surface area (Å²) in [4.78, 5) is 33.3. The number of allylic oxidation sites excluding steroid dienone is 3. The Morgan fingerprint density at radius 1 is 1.23 bits per heavy atom. The monoisotopic (exact) mass is 577 g/mol. The Morgan fingerprint density at radius 3 is 2.65 bits per heavy atom. The highest BCUT2D eigenvalue weighted by atomic mass is 35.5. The number of nitrogens with zero attached hydrogens (tertiary/aromatic N) is 5. The predicted octanol–water partition coefficient (Wildman–Crippen LogP) is 4.87. The standard InChI is InChI=1S/C27H24ClF3N6O3/c1-14-9-33-24(36-11-19(31)26(35-36)27(4,5)34-16(3)39)8-21(14)37-15(2)6-23(25(28)22(37)12-38)40-13-20-18(30)7-17(29)10-32-20/h6-11H,13H2,1-5H3,(H,34,39)/i3D3,13D2. The van der Waals surface area contributed by atoms with Crippen LogP contribution >= 0.6 is 11.6 Å². The minimum atomic E-state index is -2.97. The van der Waals surface area contributed by atoms with Crippen LogP contribution in [0.25, 0.3) is 5.82 Å². The summed E-state index contributed by atoms with van der Waals surface area (Å²) in [5.41, 5.74) is -1.92. The molecule has 1 aliphatic heterocycles. The number of anilines is 1. The van der Waals surface area contributed by atoms with Gasteiger partial charge in [0.15, 0.2) is 29.1 Å². The number of carbonyl (C=O) groups excluding carboxylic acids is 2. The number of hydrogen-bond donors (Lipinski definition) is 1. The van der Waals surface area contributed by atoms with Crippen LogP contribution in [0.15, 0.2) is 59.0 Å². The molecule has 0 bridgehead atoms. The Kier molecular flexibility index (Phi) is 6.16. The van der Waals surface area contributed by atoms with Gasteiger partial charge in [-0.2, -0.15) is 5.10 Å². The van der Waals surface area contributed by atoms with E-state index in [4.69, 9.17) is 23.2 Å². The average molecular weight is 578 g/mol. The fourth-order valence-electron chi connectivity index (χ4n) is 3.88. The molecule has 0 atom stereocenters. The molecule has 1 amide bonds. The summed E-state index contributed by atoms with van der Waals surface area (Å²) in [6.45, 7) is 0.0252. The van der Waals surface area contributed by atoms with Crippen molar-refractivity contribution in [2.24, 2.45) is 0 Å². The zero-order valence-corrected chi connectivity index (χ0v) is 22.2. The third-order valence-corrected chi connectivity index (χ3v) is 6.09. The van der Waals surface area contributed by atoms with Crippen LogP contribution in [-0.2, 0) is 26.4 Å². The van der Waals surface area contributed by atoms with E-state index in [-0.39, 0.29) is 28.7 Å². The van der Waals surface area contributed by atoms with E-state index in [1.54, 1.807) is 12.9 Å². The van der Waals surface area contributed by atoms with Crippen LogP contribution in [0.5, 0.6) is 0 Å². The first-order valence-corrected chi connectivity index (χ1v) is 11.8. The second-order valence-electron chi connectivity index (χ2n) is 9.12. The van der Waals surface area contributed by atoms with Gasteiger partial charge >= 0.3 is 0 Å². The second-order valence-corrected chi connectivity index (χ2v) is 9.49. The van der Waals surface area contributed by atoms with Gasteiger partial charge in [0.25, 0.3) is 0 Å². The number of pyridine rings is 2. The van der Waals surface area contributed by atoms with Crippen LogP contribution in [0.4, 0.5) is 18.9 Å². The third kappa shape index (κ3) is 5.63. The van der Waals surface area contributed by atoms with Crippen molar-refractivity contribution in [3.05, 3.63) is 93.4 Å². The molecule has 0 unspecified atom stereocenters. The Morgan fingerprint density at radius 2 is 1.98 bits per heavy atom. The lowest BCUT2D eigenvalue weighted by Crippen LogP contribution is -2.40. The van der Waals surface area contributed by atoms with E-state index in [0.717, 1.165) is 10.9 Å². The number of carbonyl (C=O) groups is 1. The van der Waals surface area contributed by atoms with Crippen LogP contribution in [0.2, 0.25) is 0 Å². The van der Waals surface area contributed by atoms with E-state index in [2.05, 4.69) is 20.4 Å². The third-order valence-electron chi connectivity index (χ3n) is 5.73. The maximum Gasteiger partial charge on any atom is 0.217 e.